The summed E-state index contributed by atoms with van der Waals surface area (Å²) >= 11 is 1.75. The first-order chi connectivity index (χ1) is 13.6. The monoisotopic (exact) mass is 440 g/mol. The third kappa shape index (κ3) is 7.68. The van der Waals surface area contributed by atoms with Gasteiger partial charge in [0.05, 0.1) is 4.90 Å². The Labute approximate surface area is 176 Å². The van der Waals surface area contributed by atoms with Crippen LogP contribution < -0.4 is 9.47 Å². The Balaban J connectivity index is 2.25. The third-order valence-electron chi connectivity index (χ3n) is 4.15. The Morgan fingerprint density at radius 1 is 1.07 bits per heavy atom. The summed E-state index contributed by atoms with van der Waals surface area (Å²) in [5.74, 6) is 1.27. The Bertz CT molecular complexity index is 854. The van der Waals surface area contributed by atoms with Gasteiger partial charge >= 0.3 is 7.60 Å². The van der Waals surface area contributed by atoms with Crippen LogP contribution >= 0.6 is 19.4 Å². The van der Waals surface area contributed by atoms with Gasteiger partial charge in [0.1, 0.15) is 11.5 Å². The summed E-state index contributed by atoms with van der Waals surface area (Å²) in [5, 5.41) is 0.420. The number of ether oxygens (including phenoxy) is 3. The van der Waals surface area contributed by atoms with E-state index in [2.05, 4.69) is 19.9 Å². The quantitative estimate of drug-likeness (QED) is 0.309. The van der Waals surface area contributed by atoms with Crippen LogP contribution in [-0.4, -0.2) is 35.3 Å². The van der Waals surface area contributed by atoms with E-state index in [1.165, 1.54) is 5.56 Å². The lowest BCUT2D eigenvalue weighted by Crippen LogP contribution is -2.03. The second-order valence-electron chi connectivity index (χ2n) is 7.15. The molecular formula is C21H29O6PS. The predicted octanol–water partition coefficient (Wildman–Crippen LogP) is 4.89. The minimum Gasteiger partial charge on any atom is -0.481 e. The van der Waals surface area contributed by atoms with E-state index < -0.39 is 13.9 Å². The van der Waals surface area contributed by atoms with E-state index in [-0.39, 0.29) is 6.79 Å². The van der Waals surface area contributed by atoms with Gasteiger partial charge in [-0.15, -0.1) is 11.8 Å². The zero-order chi connectivity index (χ0) is 21.6. The van der Waals surface area contributed by atoms with Crippen LogP contribution in [0.5, 0.6) is 11.5 Å². The van der Waals surface area contributed by atoms with Crippen molar-refractivity contribution in [1.29, 1.82) is 0 Å². The van der Waals surface area contributed by atoms with Crippen LogP contribution in [0.3, 0.4) is 0 Å². The number of thioether (sulfide) groups is 1. The van der Waals surface area contributed by atoms with Crippen LogP contribution in [0.2, 0.25) is 0 Å². The number of benzene rings is 2. The van der Waals surface area contributed by atoms with Crippen molar-refractivity contribution in [2.75, 3.05) is 20.3 Å². The highest BCUT2D eigenvalue weighted by Gasteiger charge is 2.15. The standard InChI is InChI=1S/C21H29O6PS/c1-14(2)29-21-11-17(6-7-20(21)26-12-25-5)10-19-15(3)8-18(9-16(19)4)27-13-28(22,23)24/h6-9,11,14H,10,12-13H2,1-5H3,(H2,22,23,24). The molecule has 2 aromatic rings. The summed E-state index contributed by atoms with van der Waals surface area (Å²) in [6, 6.07) is 9.80. The highest BCUT2D eigenvalue weighted by atomic mass is 32.2. The molecule has 0 heterocycles. The van der Waals surface area contributed by atoms with Gasteiger partial charge in [-0.25, -0.2) is 0 Å². The van der Waals surface area contributed by atoms with Gasteiger partial charge in [-0.1, -0.05) is 19.9 Å². The van der Waals surface area contributed by atoms with Crippen molar-refractivity contribution in [3.05, 3.63) is 52.6 Å². The Morgan fingerprint density at radius 3 is 2.28 bits per heavy atom. The molecule has 0 atom stereocenters. The smallest absolute Gasteiger partial charge is 0.362 e. The molecule has 8 heteroatoms. The lowest BCUT2D eigenvalue weighted by Gasteiger charge is -2.16. The summed E-state index contributed by atoms with van der Waals surface area (Å²) in [7, 11) is -2.60. The first kappa shape index (κ1) is 23.8. The highest BCUT2D eigenvalue weighted by molar-refractivity contribution is 8.00. The molecule has 0 aliphatic rings. The molecule has 0 aliphatic heterocycles. The van der Waals surface area contributed by atoms with Crippen molar-refractivity contribution in [3.8, 4) is 11.5 Å². The highest BCUT2D eigenvalue weighted by Crippen LogP contribution is 2.36. The molecule has 0 aliphatic carbocycles. The van der Waals surface area contributed by atoms with E-state index in [0.29, 0.717) is 11.0 Å². The van der Waals surface area contributed by atoms with Crippen LogP contribution in [0.15, 0.2) is 35.2 Å². The van der Waals surface area contributed by atoms with Crippen molar-refractivity contribution in [2.45, 2.75) is 44.3 Å². The van der Waals surface area contributed by atoms with Gasteiger partial charge in [-0.05, 0) is 66.8 Å². The molecule has 0 spiro atoms. The fourth-order valence-corrected chi connectivity index (χ4v) is 4.22. The topological polar surface area (TPSA) is 85.2 Å². The molecule has 0 radical (unpaired) electrons. The SMILES string of the molecule is COCOc1ccc(Cc2c(C)cc(OCP(=O)(O)O)cc2C)cc1SC(C)C. The van der Waals surface area contributed by atoms with Crippen molar-refractivity contribution >= 4 is 19.4 Å². The maximum Gasteiger partial charge on any atom is 0.362 e. The second kappa shape index (κ2) is 10.5. The molecule has 160 valence electrons. The first-order valence-electron chi connectivity index (χ1n) is 9.28. The van der Waals surface area contributed by atoms with Crippen LogP contribution in [0, 0.1) is 13.8 Å². The molecule has 6 nitrogen and oxygen atoms in total. The minimum absolute atomic E-state index is 0.208. The zero-order valence-corrected chi connectivity index (χ0v) is 19.2. The first-order valence-corrected chi connectivity index (χ1v) is 12.0. The zero-order valence-electron chi connectivity index (χ0n) is 17.5. The number of hydrogen-bond donors (Lipinski definition) is 2. The maximum atomic E-state index is 11.0. The molecule has 0 amide bonds. The molecule has 2 N–H and O–H groups in total. The fourth-order valence-electron chi connectivity index (χ4n) is 2.93. The molecule has 0 saturated heterocycles. The minimum atomic E-state index is -4.20. The lowest BCUT2D eigenvalue weighted by molar-refractivity contribution is 0.0491. The Morgan fingerprint density at radius 2 is 1.72 bits per heavy atom. The van der Waals surface area contributed by atoms with E-state index in [1.807, 2.05) is 38.1 Å². The predicted molar refractivity (Wildman–Crippen MR) is 116 cm³/mol. The van der Waals surface area contributed by atoms with Crippen molar-refractivity contribution < 1.29 is 28.6 Å². The van der Waals surface area contributed by atoms with Gasteiger partial charge in [0, 0.05) is 12.4 Å². The largest absolute Gasteiger partial charge is 0.481 e. The average molecular weight is 440 g/mol. The second-order valence-corrected chi connectivity index (χ2v) is 10.4. The van der Waals surface area contributed by atoms with Crippen molar-refractivity contribution in [3.63, 3.8) is 0 Å². The molecule has 2 aromatic carbocycles. The molecular weight excluding hydrogens is 411 g/mol. The molecule has 29 heavy (non-hydrogen) atoms. The molecule has 0 aromatic heterocycles. The number of hydrogen-bond acceptors (Lipinski definition) is 5. The number of methoxy groups -OCH3 is 1. The van der Waals surface area contributed by atoms with E-state index >= 15 is 0 Å². The molecule has 0 fully saturated rings. The van der Waals surface area contributed by atoms with Crippen molar-refractivity contribution in [2.24, 2.45) is 0 Å². The van der Waals surface area contributed by atoms with E-state index in [1.54, 1.807) is 18.9 Å². The van der Waals surface area contributed by atoms with Gasteiger partial charge in [-0.3, -0.25) is 4.57 Å². The van der Waals surface area contributed by atoms with Crippen LogP contribution in [0.1, 0.15) is 36.1 Å². The fraction of sp³-hybridized carbons (Fsp3) is 0.429. The average Bonchev–Trinajstić information content (AvgIpc) is 2.61. The van der Waals surface area contributed by atoms with E-state index in [0.717, 1.165) is 33.8 Å². The van der Waals surface area contributed by atoms with Gasteiger partial charge < -0.3 is 24.0 Å². The summed E-state index contributed by atoms with van der Waals surface area (Å²) in [4.78, 5) is 19.1. The number of rotatable bonds is 10. The third-order valence-corrected chi connectivity index (χ3v) is 5.66. The molecule has 2 rings (SSSR count). The normalized spacial score (nSPS) is 11.7. The summed E-state index contributed by atoms with van der Waals surface area (Å²) < 4.78 is 27.0. The van der Waals surface area contributed by atoms with Gasteiger partial charge in [-0.2, -0.15) is 0 Å². The van der Waals surface area contributed by atoms with Gasteiger partial charge in [0.2, 0.25) is 0 Å². The lowest BCUT2D eigenvalue weighted by atomic mass is 9.96. The summed E-state index contributed by atoms with van der Waals surface area (Å²) in [6.07, 6.45) is 0.122. The van der Waals surface area contributed by atoms with Crippen molar-refractivity contribution in [1.82, 2.24) is 0 Å². The Kier molecular flexibility index (Phi) is 8.61. The van der Waals surface area contributed by atoms with Gasteiger partial charge in [0.25, 0.3) is 0 Å². The van der Waals surface area contributed by atoms with Crippen LogP contribution in [0.4, 0.5) is 0 Å². The maximum absolute atomic E-state index is 11.0. The van der Waals surface area contributed by atoms with E-state index in [9.17, 15) is 4.57 Å². The summed E-state index contributed by atoms with van der Waals surface area (Å²) in [6.45, 7) is 8.45. The summed E-state index contributed by atoms with van der Waals surface area (Å²) in [5.41, 5.74) is 4.36. The number of aryl methyl sites for hydroxylation is 2. The van der Waals surface area contributed by atoms with Gasteiger partial charge in [0.15, 0.2) is 13.1 Å². The van der Waals surface area contributed by atoms with Crippen LogP contribution in [0.25, 0.3) is 0 Å². The Hall–Kier alpha value is -1.50. The van der Waals surface area contributed by atoms with E-state index in [4.69, 9.17) is 24.0 Å². The van der Waals surface area contributed by atoms with Crippen LogP contribution in [-0.2, 0) is 15.7 Å². The molecule has 0 unspecified atom stereocenters. The molecule has 0 saturated carbocycles. The molecule has 0 bridgehead atoms.